The van der Waals surface area contributed by atoms with Gasteiger partial charge in [-0.1, -0.05) is 23.7 Å². The van der Waals surface area contributed by atoms with Crippen molar-refractivity contribution >= 4 is 29.4 Å². The Kier molecular flexibility index (Phi) is 6.35. The van der Waals surface area contributed by atoms with Crippen LogP contribution in [0.1, 0.15) is 22.5 Å². The van der Waals surface area contributed by atoms with Crippen molar-refractivity contribution in [2.24, 2.45) is 0 Å². The predicted molar refractivity (Wildman–Crippen MR) is 90.7 cm³/mol. The fourth-order valence-corrected chi connectivity index (χ4v) is 2.41. The minimum atomic E-state index is -0.739. The van der Waals surface area contributed by atoms with Gasteiger partial charge in [0.1, 0.15) is 17.9 Å². The van der Waals surface area contributed by atoms with Crippen LogP contribution in [0.25, 0.3) is 0 Å². The van der Waals surface area contributed by atoms with Gasteiger partial charge in [0.25, 0.3) is 5.91 Å². The molecule has 2 aromatic rings. The van der Waals surface area contributed by atoms with Crippen LogP contribution in [0.4, 0.5) is 4.39 Å². The Morgan fingerprint density at radius 3 is 2.38 bits per heavy atom. The number of carbonyl (C=O) groups excluding carboxylic acids is 3. The van der Waals surface area contributed by atoms with E-state index in [-0.39, 0.29) is 17.3 Å². The Morgan fingerprint density at radius 1 is 1.15 bits per heavy atom. The number of ether oxygens (including phenoxy) is 2. The van der Waals surface area contributed by atoms with Gasteiger partial charge in [-0.15, -0.1) is 0 Å². The fraction of sp³-hybridized carbons (Fsp3) is 0.235. The molecular formula is C17H16ClFN2O5. The molecule has 0 bridgehead atoms. The molecule has 1 heterocycles. The number of benzene rings is 1. The quantitative estimate of drug-likeness (QED) is 0.566. The summed E-state index contributed by atoms with van der Waals surface area (Å²) in [6, 6.07) is 6.77. The first-order chi connectivity index (χ1) is 12.3. The summed E-state index contributed by atoms with van der Waals surface area (Å²) in [5.74, 6) is -2.53. The summed E-state index contributed by atoms with van der Waals surface area (Å²) in [7, 11) is 2.35. The second kappa shape index (κ2) is 8.48. The van der Waals surface area contributed by atoms with Crippen LogP contribution < -0.4 is 5.01 Å². The molecule has 0 aliphatic rings. The van der Waals surface area contributed by atoms with E-state index < -0.39 is 30.1 Å². The first-order valence-corrected chi connectivity index (χ1v) is 7.81. The van der Waals surface area contributed by atoms with Crippen molar-refractivity contribution in [1.82, 2.24) is 4.68 Å². The number of nitrogens with zero attached hydrogens (tertiary/aromatic N) is 2. The maximum absolute atomic E-state index is 13.1. The van der Waals surface area contributed by atoms with Gasteiger partial charge in [0.05, 0.1) is 25.8 Å². The molecule has 0 aliphatic heterocycles. The lowest BCUT2D eigenvalue weighted by Gasteiger charge is -2.25. The van der Waals surface area contributed by atoms with Gasteiger partial charge < -0.3 is 9.47 Å². The van der Waals surface area contributed by atoms with Crippen molar-refractivity contribution in [3.63, 3.8) is 0 Å². The number of aromatic nitrogens is 1. The number of methoxy groups -OCH3 is 2. The molecule has 0 N–H and O–H groups in total. The van der Waals surface area contributed by atoms with Crippen LogP contribution in [0.2, 0.25) is 5.02 Å². The number of halogens is 2. The summed E-state index contributed by atoms with van der Waals surface area (Å²) >= 11 is 5.96. The van der Waals surface area contributed by atoms with Crippen molar-refractivity contribution in [3.8, 4) is 0 Å². The minimum absolute atomic E-state index is 0.00201. The van der Waals surface area contributed by atoms with Crippen LogP contribution in [-0.2, 0) is 25.6 Å². The molecule has 0 fully saturated rings. The van der Waals surface area contributed by atoms with Gasteiger partial charge in [0.2, 0.25) is 0 Å². The summed E-state index contributed by atoms with van der Waals surface area (Å²) < 4.78 is 23.5. The standard InChI is InChI=1S/C17H16ClFN2O5/c1-25-16(23)8-15(22)21(9-11-3-5-13(19)6-4-11)20-10-12(18)7-14(20)17(24)26-2/h3-7,10H,8-9H2,1-2H3. The molecule has 26 heavy (non-hydrogen) atoms. The van der Waals surface area contributed by atoms with E-state index in [1.807, 2.05) is 0 Å². The first kappa shape index (κ1) is 19.5. The summed E-state index contributed by atoms with van der Waals surface area (Å²) in [5, 5.41) is 1.32. The summed E-state index contributed by atoms with van der Waals surface area (Å²) in [5.41, 5.74) is 0.572. The molecule has 0 aliphatic carbocycles. The highest BCUT2D eigenvalue weighted by Gasteiger charge is 2.25. The smallest absolute Gasteiger partial charge is 0.356 e. The van der Waals surface area contributed by atoms with Crippen molar-refractivity contribution < 1.29 is 28.2 Å². The van der Waals surface area contributed by atoms with Gasteiger partial charge in [-0.05, 0) is 23.8 Å². The molecule has 9 heteroatoms. The van der Waals surface area contributed by atoms with Crippen LogP contribution in [0.3, 0.4) is 0 Å². The molecular weight excluding hydrogens is 367 g/mol. The van der Waals surface area contributed by atoms with Gasteiger partial charge in [-0.2, -0.15) is 0 Å². The molecule has 0 spiro atoms. The molecule has 0 unspecified atom stereocenters. The molecule has 138 valence electrons. The van der Waals surface area contributed by atoms with E-state index in [9.17, 15) is 18.8 Å². The number of hydrogen-bond acceptors (Lipinski definition) is 5. The Bertz CT molecular complexity index is 819. The fourth-order valence-electron chi connectivity index (χ4n) is 2.21. The Balaban J connectivity index is 2.43. The maximum Gasteiger partial charge on any atom is 0.356 e. The molecule has 1 aromatic heterocycles. The molecule has 7 nitrogen and oxygen atoms in total. The lowest BCUT2D eigenvalue weighted by molar-refractivity contribution is -0.143. The molecule has 1 aromatic carbocycles. The van der Waals surface area contributed by atoms with Crippen LogP contribution in [0.15, 0.2) is 36.5 Å². The first-order valence-electron chi connectivity index (χ1n) is 7.43. The highest BCUT2D eigenvalue weighted by Crippen LogP contribution is 2.18. The Hall–Kier alpha value is -2.87. The van der Waals surface area contributed by atoms with E-state index in [1.165, 1.54) is 48.3 Å². The molecule has 0 radical (unpaired) electrons. The SMILES string of the molecule is COC(=O)CC(=O)N(Cc1ccc(F)cc1)n1cc(Cl)cc1C(=O)OC. The van der Waals surface area contributed by atoms with Crippen LogP contribution in [-0.4, -0.2) is 36.7 Å². The third-order valence-electron chi connectivity index (χ3n) is 3.48. The predicted octanol–water partition coefficient (Wildman–Crippen LogP) is 2.30. The Labute approximate surface area is 153 Å². The number of amides is 1. The zero-order valence-electron chi connectivity index (χ0n) is 14.1. The van der Waals surface area contributed by atoms with Gasteiger partial charge >= 0.3 is 11.9 Å². The van der Waals surface area contributed by atoms with Crippen molar-refractivity contribution in [2.75, 3.05) is 19.2 Å². The topological polar surface area (TPSA) is 77.8 Å². The third-order valence-corrected chi connectivity index (χ3v) is 3.69. The zero-order valence-corrected chi connectivity index (χ0v) is 14.8. The van der Waals surface area contributed by atoms with E-state index >= 15 is 0 Å². The molecule has 2 rings (SSSR count). The maximum atomic E-state index is 13.1. The monoisotopic (exact) mass is 382 g/mol. The van der Waals surface area contributed by atoms with E-state index in [4.69, 9.17) is 16.3 Å². The van der Waals surface area contributed by atoms with Gasteiger partial charge in [0, 0.05) is 6.20 Å². The number of esters is 2. The summed E-state index contributed by atoms with van der Waals surface area (Å²) in [4.78, 5) is 36.0. The van der Waals surface area contributed by atoms with Gasteiger partial charge in [-0.25, -0.2) is 18.9 Å². The van der Waals surface area contributed by atoms with Crippen LogP contribution in [0, 0.1) is 5.82 Å². The van der Waals surface area contributed by atoms with Gasteiger partial charge in [0.15, 0.2) is 0 Å². The van der Waals surface area contributed by atoms with E-state index in [0.29, 0.717) is 5.56 Å². The molecule has 0 saturated carbocycles. The summed E-state index contributed by atoms with van der Waals surface area (Å²) in [6.07, 6.45) is 0.792. The van der Waals surface area contributed by atoms with Crippen molar-refractivity contribution in [2.45, 2.75) is 13.0 Å². The second-order valence-corrected chi connectivity index (χ2v) is 5.65. The highest BCUT2D eigenvalue weighted by molar-refractivity contribution is 6.31. The molecule has 1 amide bonds. The number of carbonyl (C=O) groups is 3. The van der Waals surface area contributed by atoms with Crippen LogP contribution >= 0.6 is 11.6 Å². The van der Waals surface area contributed by atoms with E-state index in [0.717, 1.165) is 12.1 Å². The highest BCUT2D eigenvalue weighted by atomic mass is 35.5. The van der Waals surface area contributed by atoms with E-state index in [1.54, 1.807) is 0 Å². The molecule has 0 saturated heterocycles. The zero-order chi connectivity index (χ0) is 19.3. The number of hydrogen-bond donors (Lipinski definition) is 0. The summed E-state index contributed by atoms with van der Waals surface area (Å²) in [6.45, 7) is -0.0366. The lowest BCUT2D eigenvalue weighted by Crippen LogP contribution is -2.42. The average Bonchev–Trinajstić information content (AvgIpc) is 3.01. The van der Waals surface area contributed by atoms with Gasteiger partial charge in [-0.3, -0.25) is 9.59 Å². The third kappa shape index (κ3) is 4.60. The molecule has 0 atom stereocenters. The second-order valence-electron chi connectivity index (χ2n) is 5.21. The largest absolute Gasteiger partial charge is 0.469 e. The Morgan fingerprint density at radius 2 is 1.81 bits per heavy atom. The van der Waals surface area contributed by atoms with Crippen molar-refractivity contribution in [1.29, 1.82) is 0 Å². The average molecular weight is 383 g/mol. The minimum Gasteiger partial charge on any atom is -0.469 e. The normalized spacial score (nSPS) is 10.3. The van der Waals surface area contributed by atoms with Crippen molar-refractivity contribution in [3.05, 3.63) is 58.6 Å². The van der Waals surface area contributed by atoms with E-state index in [2.05, 4.69) is 4.74 Å². The van der Waals surface area contributed by atoms with Crippen LogP contribution in [0.5, 0.6) is 0 Å². The number of rotatable bonds is 6. The lowest BCUT2D eigenvalue weighted by atomic mass is 10.2.